The molecular weight excluding hydrogens is 747 g/mol. The molecular formula is C57H101NO3. The second kappa shape index (κ2) is 51.9. The summed E-state index contributed by atoms with van der Waals surface area (Å²) in [5, 5.41) is 22.9. The van der Waals surface area contributed by atoms with Gasteiger partial charge in [0.1, 0.15) is 0 Å². The van der Waals surface area contributed by atoms with E-state index in [-0.39, 0.29) is 12.5 Å². The molecule has 352 valence electrons. The molecule has 4 heteroatoms. The number of allylic oxidation sites excluding steroid dienone is 13. The monoisotopic (exact) mass is 848 g/mol. The average molecular weight is 848 g/mol. The number of aliphatic hydroxyl groups excluding tert-OH is 2. The summed E-state index contributed by atoms with van der Waals surface area (Å²) < 4.78 is 0. The lowest BCUT2D eigenvalue weighted by Crippen LogP contribution is -2.45. The van der Waals surface area contributed by atoms with Crippen LogP contribution in [0.2, 0.25) is 0 Å². The van der Waals surface area contributed by atoms with E-state index in [1.54, 1.807) is 6.08 Å². The molecule has 0 aromatic rings. The molecule has 0 radical (unpaired) electrons. The van der Waals surface area contributed by atoms with Gasteiger partial charge < -0.3 is 15.5 Å². The van der Waals surface area contributed by atoms with E-state index in [9.17, 15) is 15.0 Å². The standard InChI is InChI=1S/C57H101NO3/c1-3-5-7-9-11-13-14-15-16-17-18-19-20-21-22-23-24-25-26-27-28-29-30-31-32-33-34-35-36-37-38-39-40-41-42-43-44-45-47-49-51-53-57(61)58-55(54-59)56(60)52-50-48-46-12-10-8-6-4-2/h5,7,11,13,15-16,18-19,21-22,24-25,50,52,55-56,59-60H,3-4,6,8-10,12,14,17,20,23,26-49,51,53-54H2,1-2H3,(H,58,61)/b7-5-,13-11-,16-15-,19-18-,22-21-,25-24-,52-50+. The number of carbonyl (C=O) groups is 1. The Balaban J connectivity index is 3.40. The van der Waals surface area contributed by atoms with E-state index in [0.717, 1.165) is 64.2 Å². The highest BCUT2D eigenvalue weighted by Crippen LogP contribution is 2.16. The first-order chi connectivity index (χ1) is 30.2. The Kier molecular flexibility index (Phi) is 49.8. The molecule has 0 spiro atoms. The van der Waals surface area contributed by atoms with Gasteiger partial charge in [0.05, 0.1) is 18.8 Å². The van der Waals surface area contributed by atoms with Gasteiger partial charge in [-0.1, -0.05) is 259 Å². The summed E-state index contributed by atoms with van der Waals surface area (Å²) in [5.74, 6) is -0.0665. The molecule has 2 unspecified atom stereocenters. The number of aliphatic hydroxyl groups is 2. The Bertz CT molecular complexity index is 1100. The van der Waals surface area contributed by atoms with Gasteiger partial charge in [0.25, 0.3) is 0 Å². The average Bonchev–Trinajstić information content (AvgIpc) is 3.26. The van der Waals surface area contributed by atoms with E-state index < -0.39 is 12.1 Å². The zero-order valence-electron chi connectivity index (χ0n) is 40.4. The topological polar surface area (TPSA) is 69.6 Å². The van der Waals surface area contributed by atoms with Crippen LogP contribution in [0.5, 0.6) is 0 Å². The number of unbranched alkanes of at least 4 members (excludes halogenated alkanes) is 28. The lowest BCUT2D eigenvalue weighted by atomic mass is 10.0. The molecule has 2 atom stereocenters. The maximum Gasteiger partial charge on any atom is 0.220 e. The Morgan fingerprint density at radius 1 is 0.410 bits per heavy atom. The minimum absolute atomic E-state index is 0.0665. The van der Waals surface area contributed by atoms with Crippen LogP contribution in [-0.2, 0) is 4.79 Å². The highest BCUT2D eigenvalue weighted by atomic mass is 16.3. The molecule has 4 nitrogen and oxygen atoms in total. The van der Waals surface area contributed by atoms with Crippen molar-refractivity contribution in [2.24, 2.45) is 0 Å². The van der Waals surface area contributed by atoms with Crippen LogP contribution in [-0.4, -0.2) is 34.9 Å². The fourth-order valence-corrected chi connectivity index (χ4v) is 7.65. The van der Waals surface area contributed by atoms with Crippen LogP contribution in [0.15, 0.2) is 85.1 Å². The van der Waals surface area contributed by atoms with Crippen molar-refractivity contribution >= 4 is 5.91 Å². The third-order valence-corrected chi connectivity index (χ3v) is 11.6. The summed E-state index contributed by atoms with van der Waals surface area (Å²) >= 11 is 0. The van der Waals surface area contributed by atoms with Crippen molar-refractivity contribution < 1.29 is 15.0 Å². The number of hydrogen-bond donors (Lipinski definition) is 3. The van der Waals surface area contributed by atoms with E-state index in [0.29, 0.717) is 6.42 Å². The molecule has 0 saturated heterocycles. The van der Waals surface area contributed by atoms with Crippen molar-refractivity contribution in [3.63, 3.8) is 0 Å². The fourth-order valence-electron chi connectivity index (χ4n) is 7.65. The largest absolute Gasteiger partial charge is 0.394 e. The number of carbonyl (C=O) groups excluding carboxylic acids is 1. The summed E-state index contributed by atoms with van der Waals surface area (Å²) in [7, 11) is 0. The molecule has 0 aliphatic heterocycles. The first kappa shape index (κ1) is 58.6. The molecule has 0 heterocycles. The molecule has 0 saturated carbocycles. The van der Waals surface area contributed by atoms with E-state index in [2.05, 4.69) is 92.1 Å². The zero-order valence-corrected chi connectivity index (χ0v) is 40.4. The minimum Gasteiger partial charge on any atom is -0.394 e. The van der Waals surface area contributed by atoms with Crippen LogP contribution in [0.4, 0.5) is 0 Å². The highest BCUT2D eigenvalue weighted by Gasteiger charge is 2.18. The highest BCUT2D eigenvalue weighted by molar-refractivity contribution is 5.76. The Labute approximate surface area is 380 Å². The molecule has 0 aromatic carbocycles. The molecule has 0 aliphatic carbocycles. The van der Waals surface area contributed by atoms with Crippen molar-refractivity contribution in [3.8, 4) is 0 Å². The maximum atomic E-state index is 12.4. The van der Waals surface area contributed by atoms with Gasteiger partial charge in [-0.2, -0.15) is 0 Å². The van der Waals surface area contributed by atoms with E-state index in [4.69, 9.17) is 0 Å². The van der Waals surface area contributed by atoms with E-state index in [1.165, 1.54) is 167 Å². The van der Waals surface area contributed by atoms with Crippen molar-refractivity contribution in [2.45, 2.75) is 264 Å². The summed E-state index contributed by atoms with van der Waals surface area (Å²) in [4.78, 5) is 12.4. The third kappa shape index (κ3) is 48.5. The molecule has 0 fully saturated rings. The summed E-state index contributed by atoms with van der Waals surface area (Å²) in [6.45, 7) is 4.15. The maximum absolute atomic E-state index is 12.4. The molecule has 0 aromatic heterocycles. The summed E-state index contributed by atoms with van der Waals surface area (Å²) in [6.07, 6.45) is 76.1. The lowest BCUT2D eigenvalue weighted by Gasteiger charge is -2.20. The van der Waals surface area contributed by atoms with Crippen molar-refractivity contribution in [2.75, 3.05) is 6.61 Å². The normalized spacial score (nSPS) is 13.6. The molecule has 0 aliphatic rings. The van der Waals surface area contributed by atoms with Crippen molar-refractivity contribution in [1.29, 1.82) is 0 Å². The number of hydrogen-bond acceptors (Lipinski definition) is 3. The van der Waals surface area contributed by atoms with Crippen LogP contribution in [0.25, 0.3) is 0 Å². The predicted octanol–water partition coefficient (Wildman–Crippen LogP) is 17.2. The van der Waals surface area contributed by atoms with Crippen LogP contribution >= 0.6 is 0 Å². The van der Waals surface area contributed by atoms with Crippen LogP contribution in [0, 0.1) is 0 Å². The SMILES string of the molecule is CC/C=C\C/C=C\C/C=C\C/C=C\C/C=C\C/C=C\CCCCCCCCCCCCCCCCCCCCCCCCC(=O)NC(CO)C(O)/C=C/CCCCCCCC. The summed E-state index contributed by atoms with van der Waals surface area (Å²) in [6, 6.07) is -0.620. The smallest absolute Gasteiger partial charge is 0.220 e. The molecule has 0 bridgehead atoms. The van der Waals surface area contributed by atoms with Crippen LogP contribution in [0.3, 0.4) is 0 Å². The third-order valence-electron chi connectivity index (χ3n) is 11.6. The molecule has 1 amide bonds. The molecule has 3 N–H and O–H groups in total. The lowest BCUT2D eigenvalue weighted by molar-refractivity contribution is -0.123. The number of amides is 1. The Morgan fingerprint density at radius 3 is 1.08 bits per heavy atom. The number of rotatable bonds is 47. The van der Waals surface area contributed by atoms with Crippen LogP contribution in [0.1, 0.15) is 251 Å². The van der Waals surface area contributed by atoms with Gasteiger partial charge in [-0.05, 0) is 70.6 Å². The van der Waals surface area contributed by atoms with Gasteiger partial charge in [-0.25, -0.2) is 0 Å². The molecule has 61 heavy (non-hydrogen) atoms. The zero-order chi connectivity index (χ0) is 44.2. The van der Waals surface area contributed by atoms with E-state index in [1.807, 2.05) is 6.08 Å². The minimum atomic E-state index is -0.837. The first-order valence-corrected chi connectivity index (χ1v) is 26.3. The molecule has 0 rings (SSSR count). The second-order valence-electron chi connectivity index (χ2n) is 17.6. The van der Waals surface area contributed by atoms with Crippen molar-refractivity contribution in [1.82, 2.24) is 5.32 Å². The van der Waals surface area contributed by atoms with Gasteiger partial charge >= 0.3 is 0 Å². The number of nitrogens with one attached hydrogen (secondary N) is 1. The van der Waals surface area contributed by atoms with Gasteiger partial charge in [-0.3, -0.25) is 4.79 Å². The van der Waals surface area contributed by atoms with Crippen LogP contribution < -0.4 is 5.32 Å². The van der Waals surface area contributed by atoms with Gasteiger partial charge in [0.2, 0.25) is 5.91 Å². The fraction of sp³-hybridized carbons (Fsp3) is 0.737. The Morgan fingerprint density at radius 2 is 0.721 bits per heavy atom. The summed E-state index contributed by atoms with van der Waals surface area (Å²) in [5.41, 5.74) is 0. The second-order valence-corrected chi connectivity index (χ2v) is 17.6. The quantitative estimate of drug-likeness (QED) is 0.0422. The van der Waals surface area contributed by atoms with Gasteiger partial charge in [0.15, 0.2) is 0 Å². The van der Waals surface area contributed by atoms with E-state index >= 15 is 0 Å². The van der Waals surface area contributed by atoms with Gasteiger partial charge in [0, 0.05) is 6.42 Å². The Hall–Kier alpha value is -2.43. The predicted molar refractivity (Wildman–Crippen MR) is 271 cm³/mol. The van der Waals surface area contributed by atoms with Gasteiger partial charge in [-0.15, -0.1) is 0 Å². The van der Waals surface area contributed by atoms with Crippen molar-refractivity contribution in [3.05, 3.63) is 85.1 Å². The first-order valence-electron chi connectivity index (χ1n) is 26.3.